The zero-order chi connectivity index (χ0) is 24.1. The van der Waals surface area contributed by atoms with Gasteiger partial charge < -0.3 is 15.0 Å². The minimum atomic E-state index is -0.0799. The number of rotatable bonds is 9. The van der Waals surface area contributed by atoms with E-state index in [1.165, 1.54) is 5.56 Å². The first-order chi connectivity index (χ1) is 16.4. The lowest BCUT2D eigenvalue weighted by atomic mass is 10.0. The Kier molecular flexibility index (Phi) is 8.10. The Bertz CT molecular complexity index is 1180. The summed E-state index contributed by atoms with van der Waals surface area (Å²) in [5, 5.41) is 3.61. The number of carbonyl (C=O) groups is 1. The molecular formula is C25H33N5O3S. The smallest absolute Gasteiger partial charge is 0.260 e. The van der Waals surface area contributed by atoms with Gasteiger partial charge >= 0.3 is 0 Å². The molecule has 1 aliphatic heterocycles. The van der Waals surface area contributed by atoms with Crippen molar-refractivity contribution in [3.05, 3.63) is 50.9 Å². The number of piperazine rings is 1. The summed E-state index contributed by atoms with van der Waals surface area (Å²) >= 11 is 1.57. The summed E-state index contributed by atoms with van der Waals surface area (Å²) in [6, 6.07) is 8.27. The van der Waals surface area contributed by atoms with Crippen LogP contribution in [0.3, 0.4) is 0 Å². The van der Waals surface area contributed by atoms with Gasteiger partial charge in [-0.1, -0.05) is 29.8 Å². The normalized spacial score (nSPS) is 15.1. The van der Waals surface area contributed by atoms with E-state index in [4.69, 9.17) is 9.72 Å². The highest BCUT2D eigenvalue weighted by Gasteiger charge is 2.21. The van der Waals surface area contributed by atoms with Crippen LogP contribution in [0.5, 0.6) is 0 Å². The van der Waals surface area contributed by atoms with Crippen molar-refractivity contribution in [2.45, 2.75) is 26.8 Å². The van der Waals surface area contributed by atoms with Crippen LogP contribution in [0.15, 0.2) is 29.1 Å². The number of hydrogen-bond acceptors (Lipinski definition) is 7. The fraction of sp³-hybridized carbons (Fsp3) is 0.480. The zero-order valence-electron chi connectivity index (χ0n) is 20.1. The molecule has 1 amide bonds. The lowest BCUT2D eigenvalue weighted by Crippen LogP contribution is -2.49. The van der Waals surface area contributed by atoms with Crippen LogP contribution in [0.25, 0.3) is 21.3 Å². The largest absolute Gasteiger partial charge is 0.385 e. The molecule has 9 heteroatoms. The fourth-order valence-electron chi connectivity index (χ4n) is 4.33. The third-order valence-corrected chi connectivity index (χ3v) is 7.18. The minimum absolute atomic E-state index is 0.0541. The summed E-state index contributed by atoms with van der Waals surface area (Å²) in [5.41, 5.74) is 3.14. The highest BCUT2D eigenvalue weighted by molar-refractivity contribution is 7.19. The quantitative estimate of drug-likeness (QED) is 0.455. The molecule has 3 heterocycles. The monoisotopic (exact) mass is 483 g/mol. The maximum Gasteiger partial charge on any atom is 0.260 e. The summed E-state index contributed by atoms with van der Waals surface area (Å²) < 4.78 is 5.00. The van der Waals surface area contributed by atoms with Gasteiger partial charge in [-0.05, 0) is 25.8 Å². The van der Waals surface area contributed by atoms with Crippen molar-refractivity contribution in [2.75, 3.05) is 53.0 Å². The Morgan fingerprint density at radius 2 is 1.85 bits per heavy atom. The number of ether oxygens (including phenoxy) is 1. The second-order valence-corrected chi connectivity index (χ2v) is 10.0. The van der Waals surface area contributed by atoms with Crippen LogP contribution in [-0.2, 0) is 16.1 Å². The molecule has 1 aliphatic rings. The highest BCUT2D eigenvalue weighted by Crippen LogP contribution is 2.35. The van der Waals surface area contributed by atoms with Crippen molar-refractivity contribution in [3.63, 3.8) is 0 Å². The van der Waals surface area contributed by atoms with Crippen LogP contribution in [0.4, 0.5) is 0 Å². The van der Waals surface area contributed by atoms with Crippen molar-refractivity contribution >= 4 is 27.5 Å². The molecule has 0 bridgehead atoms. The van der Waals surface area contributed by atoms with Crippen LogP contribution < -0.4 is 10.9 Å². The van der Waals surface area contributed by atoms with Crippen LogP contribution in [0.1, 0.15) is 22.7 Å². The first kappa shape index (κ1) is 24.5. The van der Waals surface area contributed by atoms with Gasteiger partial charge in [0.25, 0.3) is 5.56 Å². The molecule has 1 aromatic carbocycles. The number of nitrogens with zero attached hydrogens (tertiary/aromatic N) is 3. The molecule has 8 nitrogen and oxygen atoms in total. The molecule has 0 spiro atoms. The van der Waals surface area contributed by atoms with Crippen LogP contribution in [0.2, 0.25) is 0 Å². The number of benzene rings is 1. The number of aryl methyl sites for hydroxylation is 2. The van der Waals surface area contributed by atoms with Crippen LogP contribution in [-0.4, -0.2) is 78.7 Å². The SMILES string of the molecule is COCCCNC(=O)CN1CCN(Cc2nc3sc(C)c(-c4ccc(C)cc4)c3c(=O)[nH]2)CC1. The van der Waals surface area contributed by atoms with Crippen molar-refractivity contribution in [1.82, 2.24) is 25.1 Å². The lowest BCUT2D eigenvalue weighted by Gasteiger charge is -2.33. The molecular weight excluding hydrogens is 450 g/mol. The van der Waals surface area contributed by atoms with E-state index in [-0.39, 0.29) is 11.5 Å². The van der Waals surface area contributed by atoms with Crippen molar-refractivity contribution < 1.29 is 9.53 Å². The van der Waals surface area contributed by atoms with Crippen molar-refractivity contribution in [2.24, 2.45) is 0 Å². The first-order valence-electron chi connectivity index (χ1n) is 11.7. The summed E-state index contributed by atoms with van der Waals surface area (Å²) in [7, 11) is 1.66. The Morgan fingerprint density at radius 3 is 2.56 bits per heavy atom. The molecule has 0 radical (unpaired) electrons. The molecule has 2 aromatic heterocycles. The first-order valence-corrected chi connectivity index (χ1v) is 12.6. The topological polar surface area (TPSA) is 90.6 Å². The molecule has 0 unspecified atom stereocenters. The summed E-state index contributed by atoms with van der Waals surface area (Å²) in [4.78, 5) is 39.3. The second-order valence-electron chi connectivity index (χ2n) is 8.84. The van der Waals surface area contributed by atoms with Crippen molar-refractivity contribution in [1.29, 1.82) is 0 Å². The molecule has 3 aromatic rings. The molecule has 0 atom stereocenters. The lowest BCUT2D eigenvalue weighted by molar-refractivity contribution is -0.122. The van der Waals surface area contributed by atoms with Gasteiger partial charge in [0.2, 0.25) is 5.91 Å². The van der Waals surface area contributed by atoms with E-state index in [1.807, 2.05) is 6.92 Å². The number of hydrogen-bond donors (Lipinski definition) is 2. The number of carbonyl (C=O) groups excluding carboxylic acids is 1. The van der Waals surface area contributed by atoms with Gasteiger partial charge in [-0.2, -0.15) is 0 Å². The van der Waals surface area contributed by atoms with Crippen molar-refractivity contribution in [3.8, 4) is 11.1 Å². The van der Waals surface area contributed by atoms with E-state index < -0.39 is 0 Å². The van der Waals surface area contributed by atoms with E-state index >= 15 is 0 Å². The zero-order valence-corrected chi connectivity index (χ0v) is 21.0. The molecule has 4 rings (SSSR count). The standard InChI is InChI=1S/C25H33N5O3S/c1-17-5-7-19(8-6-17)22-18(2)34-25-23(22)24(32)27-20(28-25)15-29-10-12-30(13-11-29)16-21(31)26-9-4-14-33-3/h5-8H,4,9-16H2,1-3H3,(H,26,31)(H,27,28,32). The number of fused-ring (bicyclic) bond motifs is 1. The van der Waals surface area contributed by atoms with Gasteiger partial charge in [-0.15, -0.1) is 11.3 Å². The Hall–Kier alpha value is -2.59. The maximum atomic E-state index is 13.0. The van der Waals surface area contributed by atoms with E-state index in [0.29, 0.717) is 37.5 Å². The predicted molar refractivity (Wildman–Crippen MR) is 136 cm³/mol. The molecule has 1 fully saturated rings. The molecule has 182 valence electrons. The predicted octanol–water partition coefficient (Wildman–Crippen LogP) is 2.54. The van der Waals surface area contributed by atoms with Gasteiger partial charge in [0.1, 0.15) is 10.7 Å². The Labute approximate surface area is 203 Å². The molecule has 0 saturated carbocycles. The van der Waals surface area contributed by atoms with Gasteiger partial charge in [0, 0.05) is 56.9 Å². The number of aromatic nitrogens is 2. The van der Waals surface area contributed by atoms with E-state index in [9.17, 15) is 9.59 Å². The van der Waals surface area contributed by atoms with Crippen LogP contribution in [0, 0.1) is 13.8 Å². The number of amides is 1. The number of methoxy groups -OCH3 is 1. The Balaban J connectivity index is 1.37. The van der Waals surface area contributed by atoms with E-state index in [0.717, 1.165) is 53.4 Å². The van der Waals surface area contributed by atoms with Gasteiger partial charge in [0.05, 0.1) is 18.5 Å². The highest BCUT2D eigenvalue weighted by atomic mass is 32.1. The van der Waals surface area contributed by atoms with E-state index in [2.05, 4.69) is 51.3 Å². The Morgan fingerprint density at radius 1 is 1.15 bits per heavy atom. The van der Waals surface area contributed by atoms with Crippen LogP contribution >= 0.6 is 11.3 Å². The number of H-pyrrole nitrogens is 1. The van der Waals surface area contributed by atoms with Gasteiger partial charge in [-0.3, -0.25) is 19.4 Å². The third kappa shape index (κ3) is 5.90. The fourth-order valence-corrected chi connectivity index (χ4v) is 5.39. The number of thiophene rings is 1. The second kappa shape index (κ2) is 11.2. The van der Waals surface area contributed by atoms with E-state index in [1.54, 1.807) is 18.4 Å². The summed E-state index contributed by atoms with van der Waals surface area (Å²) in [6.45, 7) is 9.70. The molecule has 34 heavy (non-hydrogen) atoms. The third-order valence-electron chi connectivity index (χ3n) is 6.18. The average molecular weight is 484 g/mol. The maximum absolute atomic E-state index is 13.0. The summed E-state index contributed by atoms with van der Waals surface area (Å²) in [5.74, 6) is 0.747. The summed E-state index contributed by atoms with van der Waals surface area (Å²) in [6.07, 6.45) is 0.821. The molecule has 2 N–H and O–H groups in total. The number of aromatic amines is 1. The minimum Gasteiger partial charge on any atom is -0.385 e. The van der Waals surface area contributed by atoms with Gasteiger partial charge in [-0.25, -0.2) is 4.98 Å². The average Bonchev–Trinajstić information content (AvgIpc) is 3.15. The number of nitrogens with one attached hydrogen (secondary N) is 2. The molecule has 1 saturated heterocycles. The molecule has 0 aliphatic carbocycles. The van der Waals surface area contributed by atoms with Gasteiger partial charge in [0.15, 0.2) is 0 Å².